The number of halogens is 1. The number of hydrogen-bond donors (Lipinski definition) is 2. The van der Waals surface area contributed by atoms with Crippen LogP contribution in [0.1, 0.15) is 58.2 Å². The molecule has 1 atom stereocenters. The molecule has 0 aliphatic carbocycles. The summed E-state index contributed by atoms with van der Waals surface area (Å²) >= 11 is 6.23. The van der Waals surface area contributed by atoms with Crippen molar-refractivity contribution in [3.8, 4) is 0 Å². The van der Waals surface area contributed by atoms with Gasteiger partial charge < -0.3 is 4.90 Å². The average Bonchev–Trinajstić information content (AvgIpc) is 3.16. The van der Waals surface area contributed by atoms with Gasteiger partial charge in [0.05, 0.1) is 29.2 Å². The molecule has 176 valence electrons. The molecule has 1 unspecified atom stereocenters. The van der Waals surface area contributed by atoms with Gasteiger partial charge in [-0.1, -0.05) is 11.6 Å². The zero-order valence-electron chi connectivity index (χ0n) is 18.9. The van der Waals surface area contributed by atoms with Crippen LogP contribution in [-0.4, -0.2) is 46.6 Å². The number of hydrogen-bond acceptors (Lipinski definition) is 5. The Kier molecular flexibility index (Phi) is 6.00. The second-order valence-corrected chi connectivity index (χ2v) is 10.7. The van der Waals surface area contributed by atoms with E-state index in [4.69, 9.17) is 11.6 Å². The van der Waals surface area contributed by atoms with Gasteiger partial charge in [-0.05, 0) is 57.7 Å². The fourth-order valence-corrected chi connectivity index (χ4v) is 5.21. The number of nitrogens with one attached hydrogen (secondary N) is 2. The standard InChI is InChI=1S/C22H26ClN5O4S/c1-12-9-15(23)10-16(20(12)26-33(4,31)32)22(30)27-8-6-5-7-18(27)17-11-19-24-14(3)13(2)21(29)28(19)25-17/h9-11,18,25-26H,5-8H2,1-4H3. The molecule has 1 fully saturated rings. The molecule has 1 aliphatic heterocycles. The Bertz CT molecular complexity index is 1430. The number of aromatic nitrogens is 3. The van der Waals surface area contributed by atoms with Crippen molar-refractivity contribution in [1.82, 2.24) is 19.5 Å². The van der Waals surface area contributed by atoms with E-state index < -0.39 is 10.0 Å². The molecule has 3 aromatic rings. The summed E-state index contributed by atoms with van der Waals surface area (Å²) in [5.74, 6) is -0.331. The lowest BCUT2D eigenvalue weighted by Crippen LogP contribution is -2.39. The van der Waals surface area contributed by atoms with Crippen molar-refractivity contribution < 1.29 is 13.2 Å². The number of carbonyl (C=O) groups is 1. The molecule has 0 radical (unpaired) electrons. The summed E-state index contributed by atoms with van der Waals surface area (Å²) in [5.41, 5.74) is 3.20. The number of fused-ring (bicyclic) bond motifs is 1. The summed E-state index contributed by atoms with van der Waals surface area (Å²) in [4.78, 5) is 32.6. The van der Waals surface area contributed by atoms with Crippen LogP contribution in [0.3, 0.4) is 0 Å². The third-order valence-electron chi connectivity index (χ3n) is 6.04. The average molecular weight is 492 g/mol. The van der Waals surface area contributed by atoms with E-state index in [1.54, 1.807) is 37.8 Å². The summed E-state index contributed by atoms with van der Waals surface area (Å²) in [6.45, 7) is 5.71. The summed E-state index contributed by atoms with van der Waals surface area (Å²) < 4.78 is 27.8. The molecule has 0 bridgehead atoms. The van der Waals surface area contributed by atoms with Crippen molar-refractivity contribution in [3.63, 3.8) is 0 Å². The molecule has 2 aromatic heterocycles. The number of aryl methyl sites for hydroxylation is 2. The molecule has 1 aromatic carbocycles. The molecule has 0 spiro atoms. The van der Waals surface area contributed by atoms with Gasteiger partial charge in [0.1, 0.15) is 0 Å². The second-order valence-electron chi connectivity index (χ2n) is 8.56. The van der Waals surface area contributed by atoms with E-state index in [-0.39, 0.29) is 28.8 Å². The molecule has 1 aliphatic rings. The van der Waals surface area contributed by atoms with E-state index in [0.29, 0.717) is 46.2 Å². The smallest absolute Gasteiger partial charge is 0.275 e. The summed E-state index contributed by atoms with van der Waals surface area (Å²) in [5, 5.41) is 3.47. The Morgan fingerprint density at radius 1 is 1.21 bits per heavy atom. The Balaban J connectivity index is 1.79. The molecular weight excluding hydrogens is 466 g/mol. The minimum Gasteiger partial charge on any atom is -0.330 e. The van der Waals surface area contributed by atoms with Crippen LogP contribution in [0.25, 0.3) is 5.65 Å². The number of benzene rings is 1. The van der Waals surface area contributed by atoms with E-state index in [1.807, 2.05) is 0 Å². The predicted octanol–water partition coefficient (Wildman–Crippen LogP) is 3.34. The molecule has 4 rings (SSSR count). The van der Waals surface area contributed by atoms with Crippen molar-refractivity contribution in [2.24, 2.45) is 0 Å². The lowest BCUT2D eigenvalue weighted by atomic mass is 9.97. The lowest BCUT2D eigenvalue weighted by molar-refractivity contribution is 0.0606. The van der Waals surface area contributed by atoms with Crippen LogP contribution in [0, 0.1) is 20.8 Å². The van der Waals surface area contributed by atoms with Gasteiger partial charge in [-0.2, -0.15) is 0 Å². The van der Waals surface area contributed by atoms with Crippen molar-refractivity contribution in [1.29, 1.82) is 0 Å². The van der Waals surface area contributed by atoms with Gasteiger partial charge in [0.25, 0.3) is 11.5 Å². The van der Waals surface area contributed by atoms with Gasteiger partial charge in [0.2, 0.25) is 10.0 Å². The largest absolute Gasteiger partial charge is 0.330 e. The normalized spacial score (nSPS) is 16.9. The molecule has 0 saturated carbocycles. The van der Waals surface area contributed by atoms with Crippen LogP contribution >= 0.6 is 11.6 Å². The molecule has 2 N–H and O–H groups in total. The van der Waals surface area contributed by atoms with Gasteiger partial charge in [0.15, 0.2) is 5.65 Å². The third kappa shape index (κ3) is 4.49. The third-order valence-corrected chi connectivity index (χ3v) is 6.84. The second kappa shape index (κ2) is 8.49. The molecule has 33 heavy (non-hydrogen) atoms. The number of anilines is 1. The number of likely N-dealkylation sites (tertiary alicyclic amines) is 1. The van der Waals surface area contributed by atoms with E-state index >= 15 is 0 Å². The molecule has 1 amide bonds. The highest BCUT2D eigenvalue weighted by Gasteiger charge is 2.32. The van der Waals surface area contributed by atoms with Crippen LogP contribution in [0.5, 0.6) is 0 Å². The predicted molar refractivity (Wildman–Crippen MR) is 128 cm³/mol. The minimum absolute atomic E-state index is 0.178. The Morgan fingerprint density at radius 2 is 1.94 bits per heavy atom. The van der Waals surface area contributed by atoms with E-state index in [0.717, 1.165) is 19.1 Å². The number of aromatic amines is 1. The first kappa shape index (κ1) is 23.3. The number of sulfonamides is 1. The van der Waals surface area contributed by atoms with Crippen molar-refractivity contribution >= 4 is 38.9 Å². The zero-order valence-corrected chi connectivity index (χ0v) is 20.5. The number of amides is 1. The van der Waals surface area contributed by atoms with Crippen LogP contribution in [0.2, 0.25) is 5.02 Å². The molecule has 9 nitrogen and oxygen atoms in total. The SMILES string of the molecule is Cc1cc(Cl)cc(C(=O)N2CCCCC2c2cc3nc(C)c(C)c(=O)n3[nH]2)c1NS(C)(=O)=O. The van der Waals surface area contributed by atoms with Gasteiger partial charge >= 0.3 is 0 Å². The number of carbonyl (C=O) groups excluding carboxylic acids is 1. The van der Waals surface area contributed by atoms with Crippen molar-refractivity contribution in [2.75, 3.05) is 17.5 Å². The fraction of sp³-hybridized carbons (Fsp3) is 0.409. The molecule has 1 saturated heterocycles. The molecule has 3 heterocycles. The van der Waals surface area contributed by atoms with Gasteiger partial charge in [-0.15, -0.1) is 0 Å². The topological polar surface area (TPSA) is 117 Å². The maximum Gasteiger partial charge on any atom is 0.275 e. The summed E-state index contributed by atoms with van der Waals surface area (Å²) in [7, 11) is -3.61. The monoisotopic (exact) mass is 491 g/mol. The minimum atomic E-state index is -3.61. The highest BCUT2D eigenvalue weighted by atomic mass is 35.5. The van der Waals surface area contributed by atoms with E-state index in [1.165, 1.54) is 10.6 Å². The first-order valence-electron chi connectivity index (χ1n) is 10.6. The lowest BCUT2D eigenvalue weighted by Gasteiger charge is -2.35. The fourth-order valence-electron chi connectivity index (χ4n) is 4.29. The number of piperidine rings is 1. The van der Waals surface area contributed by atoms with Gasteiger partial charge in [-0.3, -0.25) is 19.4 Å². The number of nitrogens with zero attached hydrogens (tertiary/aromatic N) is 3. The van der Waals surface area contributed by atoms with Gasteiger partial charge in [-0.25, -0.2) is 17.9 Å². The van der Waals surface area contributed by atoms with Crippen LogP contribution < -0.4 is 10.3 Å². The highest BCUT2D eigenvalue weighted by molar-refractivity contribution is 7.92. The van der Waals surface area contributed by atoms with E-state index in [2.05, 4.69) is 14.8 Å². The van der Waals surface area contributed by atoms with Crippen molar-refractivity contribution in [2.45, 2.75) is 46.1 Å². The zero-order chi connectivity index (χ0) is 24.1. The van der Waals surface area contributed by atoms with Crippen LogP contribution in [0.15, 0.2) is 23.0 Å². The first-order valence-corrected chi connectivity index (χ1v) is 12.9. The summed E-state index contributed by atoms with van der Waals surface area (Å²) in [6.07, 6.45) is 3.46. The highest BCUT2D eigenvalue weighted by Crippen LogP contribution is 2.35. The molecular formula is C22H26ClN5O4S. The maximum atomic E-state index is 13.7. The first-order chi connectivity index (χ1) is 15.5. The number of rotatable bonds is 4. The maximum absolute atomic E-state index is 13.7. The van der Waals surface area contributed by atoms with Crippen LogP contribution in [-0.2, 0) is 10.0 Å². The quantitative estimate of drug-likeness (QED) is 0.580. The summed E-state index contributed by atoms with van der Waals surface area (Å²) in [6, 6.07) is 4.57. The Morgan fingerprint density at radius 3 is 2.64 bits per heavy atom. The Hall–Kier alpha value is -2.85. The van der Waals surface area contributed by atoms with Crippen molar-refractivity contribution in [3.05, 3.63) is 61.7 Å². The van der Waals surface area contributed by atoms with Crippen LogP contribution in [0.4, 0.5) is 5.69 Å². The van der Waals surface area contributed by atoms with Gasteiger partial charge in [0, 0.05) is 28.9 Å². The number of H-pyrrole nitrogens is 1. The van der Waals surface area contributed by atoms with E-state index in [9.17, 15) is 18.0 Å². The Labute approximate surface area is 196 Å². The molecule has 11 heteroatoms.